The van der Waals surface area contributed by atoms with Gasteiger partial charge in [-0.1, -0.05) is 36.4 Å². The third-order valence-corrected chi connectivity index (χ3v) is 3.41. The quantitative estimate of drug-likeness (QED) is 0.826. The molecule has 2 aromatic carbocycles. The summed E-state index contributed by atoms with van der Waals surface area (Å²) in [5.41, 5.74) is 4.16. The van der Waals surface area contributed by atoms with Crippen LogP contribution in [0, 0.1) is 0 Å². The molecule has 2 heteroatoms. The second-order valence-corrected chi connectivity index (χ2v) is 4.43. The van der Waals surface area contributed by atoms with Crippen LogP contribution < -0.4 is 9.64 Å². The summed E-state index contributed by atoms with van der Waals surface area (Å²) in [4.78, 5) is 1.46. The summed E-state index contributed by atoms with van der Waals surface area (Å²) >= 11 is 0. The molecule has 0 spiro atoms. The molecule has 3 rings (SSSR count). The van der Waals surface area contributed by atoms with Gasteiger partial charge in [0.05, 0.1) is 7.11 Å². The number of ether oxygens (including phenoxy) is 1. The lowest BCUT2D eigenvalue weighted by molar-refractivity contribution is -0.854. The molecule has 2 aromatic rings. The van der Waals surface area contributed by atoms with E-state index in [1.54, 1.807) is 7.11 Å². The zero-order chi connectivity index (χ0) is 11.7. The number of hydrogen-bond donors (Lipinski definition) is 1. The molecule has 1 N–H and O–H groups in total. The minimum absolute atomic E-state index is 0.982. The molecular weight excluding hydrogens is 210 g/mol. The van der Waals surface area contributed by atoms with Crippen molar-refractivity contribution in [2.24, 2.45) is 0 Å². The van der Waals surface area contributed by atoms with Gasteiger partial charge in [0.1, 0.15) is 13.1 Å². The van der Waals surface area contributed by atoms with E-state index in [1.807, 2.05) is 12.1 Å². The average Bonchev–Trinajstić information content (AvgIpc) is 2.82. The molecule has 1 heterocycles. The molecule has 1 aliphatic rings. The van der Waals surface area contributed by atoms with E-state index < -0.39 is 0 Å². The summed E-state index contributed by atoms with van der Waals surface area (Å²) in [5, 5.41) is 0. The molecule has 0 saturated heterocycles. The number of rotatable bonds is 2. The first-order valence-corrected chi connectivity index (χ1v) is 5.93. The molecule has 86 valence electrons. The third-order valence-electron chi connectivity index (χ3n) is 3.41. The van der Waals surface area contributed by atoms with Crippen LogP contribution >= 0.6 is 0 Å². The Balaban J connectivity index is 1.94. The maximum absolute atomic E-state index is 5.44. The van der Waals surface area contributed by atoms with E-state index >= 15 is 0 Å². The summed E-state index contributed by atoms with van der Waals surface area (Å²) in [7, 11) is 1.74. The van der Waals surface area contributed by atoms with Crippen LogP contribution in [-0.2, 0) is 13.1 Å². The number of fused-ring (bicyclic) bond motifs is 1. The molecule has 0 unspecified atom stereocenters. The monoisotopic (exact) mass is 226 g/mol. The average molecular weight is 226 g/mol. The van der Waals surface area contributed by atoms with Gasteiger partial charge in [-0.05, 0) is 6.07 Å². The summed E-state index contributed by atoms with van der Waals surface area (Å²) in [5.74, 6) is 0.982. The highest BCUT2D eigenvalue weighted by molar-refractivity contribution is 5.46. The zero-order valence-electron chi connectivity index (χ0n) is 9.94. The van der Waals surface area contributed by atoms with E-state index in [0.29, 0.717) is 0 Å². The van der Waals surface area contributed by atoms with E-state index in [2.05, 4.69) is 36.4 Å². The van der Waals surface area contributed by atoms with Crippen molar-refractivity contribution in [2.45, 2.75) is 13.1 Å². The van der Waals surface area contributed by atoms with Gasteiger partial charge in [-0.2, -0.15) is 0 Å². The third kappa shape index (κ3) is 1.81. The van der Waals surface area contributed by atoms with Crippen molar-refractivity contribution in [3.63, 3.8) is 0 Å². The Morgan fingerprint density at radius 2 is 1.47 bits per heavy atom. The fourth-order valence-corrected chi connectivity index (χ4v) is 2.55. The first-order chi connectivity index (χ1) is 8.38. The van der Waals surface area contributed by atoms with Gasteiger partial charge in [0.25, 0.3) is 0 Å². The predicted octanol–water partition coefficient (Wildman–Crippen LogP) is 1.93. The van der Waals surface area contributed by atoms with Crippen molar-refractivity contribution >= 4 is 5.69 Å². The van der Waals surface area contributed by atoms with Crippen LogP contribution in [0.1, 0.15) is 11.1 Å². The van der Waals surface area contributed by atoms with Gasteiger partial charge in [0.15, 0.2) is 11.4 Å². The molecule has 0 amide bonds. The molecule has 17 heavy (non-hydrogen) atoms. The van der Waals surface area contributed by atoms with Crippen molar-refractivity contribution in [2.75, 3.05) is 7.11 Å². The van der Waals surface area contributed by atoms with Gasteiger partial charge in [-0.15, -0.1) is 0 Å². The smallest absolute Gasteiger partial charge is 0.179 e. The molecule has 0 aliphatic carbocycles. The maximum Gasteiger partial charge on any atom is 0.179 e. The lowest BCUT2D eigenvalue weighted by Gasteiger charge is -2.14. The molecule has 0 aromatic heterocycles. The Morgan fingerprint density at radius 3 is 2.12 bits per heavy atom. The summed E-state index contributed by atoms with van der Waals surface area (Å²) in [6.07, 6.45) is 0. The normalized spacial score (nSPS) is 14.6. The van der Waals surface area contributed by atoms with E-state index in [9.17, 15) is 0 Å². The largest absolute Gasteiger partial charge is 0.491 e. The van der Waals surface area contributed by atoms with Crippen molar-refractivity contribution in [1.82, 2.24) is 0 Å². The number of methoxy groups -OCH3 is 1. The van der Waals surface area contributed by atoms with Gasteiger partial charge in [-0.25, -0.2) is 0 Å². The molecule has 0 bridgehead atoms. The second-order valence-electron chi connectivity index (χ2n) is 4.43. The molecule has 0 atom stereocenters. The molecule has 2 nitrogen and oxygen atoms in total. The summed E-state index contributed by atoms with van der Waals surface area (Å²) < 4.78 is 5.44. The van der Waals surface area contributed by atoms with Crippen molar-refractivity contribution in [1.29, 1.82) is 0 Å². The van der Waals surface area contributed by atoms with E-state index in [1.165, 1.54) is 21.7 Å². The molecule has 0 radical (unpaired) electrons. The summed E-state index contributed by atoms with van der Waals surface area (Å²) in [6.45, 7) is 2.10. The Hall–Kier alpha value is -1.80. The van der Waals surface area contributed by atoms with E-state index in [4.69, 9.17) is 4.74 Å². The number of hydrogen-bond acceptors (Lipinski definition) is 1. The van der Waals surface area contributed by atoms with Crippen molar-refractivity contribution < 1.29 is 9.64 Å². The highest BCUT2D eigenvalue weighted by atomic mass is 16.5. The van der Waals surface area contributed by atoms with Gasteiger partial charge < -0.3 is 4.74 Å². The highest BCUT2D eigenvalue weighted by Crippen LogP contribution is 2.22. The molecule has 1 aliphatic heterocycles. The zero-order valence-corrected chi connectivity index (χ0v) is 9.94. The number of quaternary nitrogens is 1. The minimum atomic E-state index is 0.982. The van der Waals surface area contributed by atoms with Crippen LogP contribution in [-0.4, -0.2) is 7.11 Å². The van der Waals surface area contributed by atoms with Crippen LogP contribution in [0.4, 0.5) is 5.69 Å². The first kappa shape index (κ1) is 10.4. The Labute approximate surface area is 101 Å². The van der Waals surface area contributed by atoms with E-state index in [-0.39, 0.29) is 0 Å². The second kappa shape index (κ2) is 4.22. The lowest BCUT2D eigenvalue weighted by Crippen LogP contribution is -3.02. The Bertz CT molecular complexity index is 511. The number of para-hydroxylation sites is 2. The highest BCUT2D eigenvalue weighted by Gasteiger charge is 2.25. The van der Waals surface area contributed by atoms with Gasteiger partial charge in [0, 0.05) is 17.2 Å². The van der Waals surface area contributed by atoms with Crippen LogP contribution in [0.5, 0.6) is 5.75 Å². The predicted molar refractivity (Wildman–Crippen MR) is 67.5 cm³/mol. The fourth-order valence-electron chi connectivity index (χ4n) is 2.55. The summed E-state index contributed by atoms with van der Waals surface area (Å²) in [6, 6.07) is 17.0. The number of nitrogens with one attached hydrogen (secondary N) is 1. The standard InChI is InChI=1S/C15H15NO/c1-17-15-9-5-4-8-14(15)16-10-12-6-2-3-7-13(12)11-16/h2-9H,10-11H2,1H3/p+1. The molecular formula is C15H16NO+. The van der Waals surface area contributed by atoms with Gasteiger partial charge in [-0.3, -0.25) is 4.90 Å². The van der Waals surface area contributed by atoms with Crippen LogP contribution in [0.25, 0.3) is 0 Å². The lowest BCUT2D eigenvalue weighted by atomic mass is 10.1. The van der Waals surface area contributed by atoms with Gasteiger partial charge >= 0.3 is 0 Å². The molecule has 0 saturated carbocycles. The molecule has 0 fully saturated rings. The fraction of sp³-hybridized carbons (Fsp3) is 0.200. The van der Waals surface area contributed by atoms with Crippen LogP contribution in [0.3, 0.4) is 0 Å². The topological polar surface area (TPSA) is 13.7 Å². The van der Waals surface area contributed by atoms with Crippen molar-refractivity contribution in [3.8, 4) is 5.75 Å². The SMILES string of the molecule is COc1ccccc1[NH+]1Cc2ccccc2C1. The number of benzene rings is 2. The van der Waals surface area contributed by atoms with Crippen molar-refractivity contribution in [3.05, 3.63) is 59.7 Å². The van der Waals surface area contributed by atoms with Crippen LogP contribution in [0.15, 0.2) is 48.5 Å². The maximum atomic E-state index is 5.44. The van der Waals surface area contributed by atoms with E-state index in [0.717, 1.165) is 18.8 Å². The minimum Gasteiger partial charge on any atom is -0.491 e. The Morgan fingerprint density at radius 1 is 0.882 bits per heavy atom. The van der Waals surface area contributed by atoms with Crippen LogP contribution in [0.2, 0.25) is 0 Å². The Kier molecular flexibility index (Phi) is 2.57. The first-order valence-electron chi connectivity index (χ1n) is 5.93. The van der Waals surface area contributed by atoms with Gasteiger partial charge in [0.2, 0.25) is 0 Å².